The van der Waals surface area contributed by atoms with Crippen LogP contribution < -0.4 is 4.74 Å². The van der Waals surface area contributed by atoms with Gasteiger partial charge in [0.25, 0.3) is 0 Å². The molecule has 1 aromatic heterocycles. The number of hydrogen-bond donors (Lipinski definition) is 1. The van der Waals surface area contributed by atoms with E-state index in [1.807, 2.05) is 0 Å². The Labute approximate surface area is 97.5 Å². The van der Waals surface area contributed by atoms with Gasteiger partial charge in [-0.25, -0.2) is 9.37 Å². The van der Waals surface area contributed by atoms with Crippen molar-refractivity contribution in [2.45, 2.75) is 6.42 Å². The van der Waals surface area contributed by atoms with E-state index in [4.69, 9.17) is 4.74 Å². The fourth-order valence-electron chi connectivity index (χ4n) is 1.51. The number of Topliss-reactive ketones (excluding diaryl/α,β-unsaturated/α-hetero) is 1. The summed E-state index contributed by atoms with van der Waals surface area (Å²) < 4.78 is 18.2. The third-order valence-corrected chi connectivity index (χ3v) is 2.34. The van der Waals surface area contributed by atoms with Gasteiger partial charge in [0.15, 0.2) is 17.4 Å². The van der Waals surface area contributed by atoms with Crippen molar-refractivity contribution in [2.75, 3.05) is 7.11 Å². The number of rotatable bonds is 4. The molecular formula is C12H11FN2O2. The molecular weight excluding hydrogens is 223 g/mol. The van der Waals surface area contributed by atoms with Crippen LogP contribution in [0, 0.1) is 5.82 Å². The van der Waals surface area contributed by atoms with Crippen LogP contribution in [0.15, 0.2) is 30.6 Å². The number of aromatic amines is 1. The first-order valence-corrected chi connectivity index (χ1v) is 5.05. The summed E-state index contributed by atoms with van der Waals surface area (Å²) in [6, 6.07) is 4.45. The minimum atomic E-state index is -0.475. The zero-order valence-electron chi connectivity index (χ0n) is 9.24. The minimum Gasteiger partial charge on any atom is -0.494 e. The van der Waals surface area contributed by atoms with Crippen molar-refractivity contribution < 1.29 is 13.9 Å². The summed E-state index contributed by atoms with van der Waals surface area (Å²) in [6.07, 6.45) is 3.18. The second kappa shape index (κ2) is 4.78. The molecule has 0 fully saturated rings. The van der Waals surface area contributed by atoms with E-state index in [0.29, 0.717) is 5.56 Å². The SMILES string of the molecule is COc1ccc(CC(=O)c2ncc[nH]2)cc1F. The summed E-state index contributed by atoms with van der Waals surface area (Å²) in [5.41, 5.74) is 0.588. The lowest BCUT2D eigenvalue weighted by atomic mass is 10.1. The van der Waals surface area contributed by atoms with Gasteiger partial charge in [-0.3, -0.25) is 4.79 Å². The monoisotopic (exact) mass is 234 g/mol. The number of halogens is 1. The number of hydrogen-bond acceptors (Lipinski definition) is 3. The van der Waals surface area contributed by atoms with Crippen LogP contribution in [0.4, 0.5) is 4.39 Å². The smallest absolute Gasteiger partial charge is 0.202 e. The highest BCUT2D eigenvalue weighted by atomic mass is 19.1. The van der Waals surface area contributed by atoms with E-state index in [2.05, 4.69) is 9.97 Å². The van der Waals surface area contributed by atoms with E-state index >= 15 is 0 Å². The number of methoxy groups -OCH3 is 1. The highest BCUT2D eigenvalue weighted by molar-refractivity contribution is 5.94. The second-order valence-corrected chi connectivity index (χ2v) is 3.51. The van der Waals surface area contributed by atoms with Crippen molar-refractivity contribution in [3.63, 3.8) is 0 Å². The molecule has 0 spiro atoms. The van der Waals surface area contributed by atoms with Gasteiger partial charge in [-0.1, -0.05) is 6.07 Å². The first-order chi connectivity index (χ1) is 8.20. The number of carbonyl (C=O) groups excluding carboxylic acids is 1. The van der Waals surface area contributed by atoms with Crippen molar-refractivity contribution in [2.24, 2.45) is 0 Å². The zero-order valence-corrected chi connectivity index (χ0v) is 9.24. The van der Waals surface area contributed by atoms with E-state index in [9.17, 15) is 9.18 Å². The maximum atomic E-state index is 13.4. The van der Waals surface area contributed by atoms with Crippen molar-refractivity contribution in [3.05, 3.63) is 47.8 Å². The largest absolute Gasteiger partial charge is 0.494 e. The molecule has 2 rings (SSSR count). The number of imidazole rings is 1. The number of ketones is 1. The maximum absolute atomic E-state index is 13.4. The number of carbonyl (C=O) groups is 1. The molecule has 4 nitrogen and oxygen atoms in total. The fraction of sp³-hybridized carbons (Fsp3) is 0.167. The molecule has 0 unspecified atom stereocenters. The van der Waals surface area contributed by atoms with Crippen LogP contribution in [0.25, 0.3) is 0 Å². The van der Waals surface area contributed by atoms with Crippen LogP contribution in [0.3, 0.4) is 0 Å². The Morgan fingerprint density at radius 3 is 2.94 bits per heavy atom. The van der Waals surface area contributed by atoms with Gasteiger partial charge in [-0.05, 0) is 17.7 Å². The third-order valence-electron chi connectivity index (χ3n) is 2.34. The number of ether oxygens (including phenoxy) is 1. The average molecular weight is 234 g/mol. The minimum absolute atomic E-state index is 0.106. The molecule has 2 aromatic rings. The Bertz CT molecular complexity index is 523. The van der Waals surface area contributed by atoms with Crippen LogP contribution in [0.1, 0.15) is 16.2 Å². The quantitative estimate of drug-likeness (QED) is 0.823. The summed E-state index contributed by atoms with van der Waals surface area (Å²) >= 11 is 0. The fourth-order valence-corrected chi connectivity index (χ4v) is 1.51. The molecule has 0 radical (unpaired) electrons. The Hall–Kier alpha value is -2.17. The molecule has 0 amide bonds. The molecule has 0 aliphatic carbocycles. The van der Waals surface area contributed by atoms with Crippen LogP contribution in [-0.4, -0.2) is 22.9 Å². The topological polar surface area (TPSA) is 55.0 Å². The van der Waals surface area contributed by atoms with Gasteiger partial charge >= 0.3 is 0 Å². The molecule has 5 heteroatoms. The lowest BCUT2D eigenvalue weighted by Crippen LogP contribution is -2.06. The van der Waals surface area contributed by atoms with E-state index in [1.165, 1.54) is 25.4 Å². The molecule has 0 aliphatic heterocycles. The molecule has 0 bridgehead atoms. The van der Waals surface area contributed by atoms with Crippen molar-refractivity contribution in [1.82, 2.24) is 9.97 Å². The van der Waals surface area contributed by atoms with Gasteiger partial charge in [0, 0.05) is 18.8 Å². The molecule has 0 aliphatic rings. The summed E-state index contributed by atoms with van der Waals surface area (Å²) in [7, 11) is 1.39. The number of H-pyrrole nitrogens is 1. The highest BCUT2D eigenvalue weighted by Crippen LogP contribution is 2.18. The molecule has 1 heterocycles. The van der Waals surface area contributed by atoms with Gasteiger partial charge in [0.2, 0.25) is 5.78 Å². The predicted molar refractivity (Wildman–Crippen MR) is 59.6 cm³/mol. The first kappa shape index (κ1) is 11.3. The zero-order chi connectivity index (χ0) is 12.3. The van der Waals surface area contributed by atoms with Crippen LogP contribution >= 0.6 is 0 Å². The third kappa shape index (κ3) is 2.50. The molecule has 0 saturated heterocycles. The predicted octanol–water partition coefficient (Wildman–Crippen LogP) is 1.98. The van der Waals surface area contributed by atoms with Crippen LogP contribution in [-0.2, 0) is 6.42 Å². The van der Waals surface area contributed by atoms with Crippen molar-refractivity contribution in [3.8, 4) is 5.75 Å². The molecule has 1 N–H and O–H groups in total. The summed E-state index contributed by atoms with van der Waals surface area (Å²) in [4.78, 5) is 18.3. The Morgan fingerprint density at radius 1 is 1.53 bits per heavy atom. The van der Waals surface area contributed by atoms with E-state index < -0.39 is 5.82 Å². The van der Waals surface area contributed by atoms with Gasteiger partial charge in [-0.2, -0.15) is 0 Å². The van der Waals surface area contributed by atoms with Gasteiger partial charge in [0.1, 0.15) is 0 Å². The lowest BCUT2D eigenvalue weighted by Gasteiger charge is -2.03. The maximum Gasteiger partial charge on any atom is 0.202 e. The van der Waals surface area contributed by atoms with Crippen LogP contribution in [0.2, 0.25) is 0 Å². The lowest BCUT2D eigenvalue weighted by molar-refractivity contribution is 0.0984. The number of benzene rings is 1. The molecule has 88 valence electrons. The van der Waals surface area contributed by atoms with E-state index in [-0.39, 0.29) is 23.8 Å². The normalized spacial score (nSPS) is 10.2. The molecule has 1 aromatic carbocycles. The van der Waals surface area contributed by atoms with Crippen LogP contribution in [0.5, 0.6) is 5.75 Å². The second-order valence-electron chi connectivity index (χ2n) is 3.51. The van der Waals surface area contributed by atoms with E-state index in [1.54, 1.807) is 12.3 Å². The van der Waals surface area contributed by atoms with E-state index in [0.717, 1.165) is 0 Å². The van der Waals surface area contributed by atoms with Gasteiger partial charge in [0.05, 0.1) is 7.11 Å². The van der Waals surface area contributed by atoms with Crippen molar-refractivity contribution in [1.29, 1.82) is 0 Å². The highest BCUT2D eigenvalue weighted by Gasteiger charge is 2.11. The summed E-state index contributed by atoms with van der Waals surface area (Å²) in [5.74, 6) is -0.211. The molecule has 0 atom stereocenters. The molecule has 17 heavy (non-hydrogen) atoms. The molecule has 0 saturated carbocycles. The Balaban J connectivity index is 2.14. The number of aromatic nitrogens is 2. The van der Waals surface area contributed by atoms with Crippen molar-refractivity contribution >= 4 is 5.78 Å². The number of nitrogens with one attached hydrogen (secondary N) is 1. The average Bonchev–Trinajstić information content (AvgIpc) is 2.82. The van der Waals surface area contributed by atoms with Gasteiger partial charge < -0.3 is 9.72 Å². The summed E-state index contributed by atoms with van der Waals surface area (Å²) in [6.45, 7) is 0. The summed E-state index contributed by atoms with van der Waals surface area (Å²) in [5, 5.41) is 0. The Morgan fingerprint density at radius 2 is 2.35 bits per heavy atom. The number of nitrogens with zero attached hydrogens (tertiary/aromatic N) is 1. The standard InChI is InChI=1S/C12H11FN2O2/c1-17-11-3-2-8(6-9(11)13)7-10(16)12-14-4-5-15-12/h2-6H,7H2,1H3,(H,14,15). The first-order valence-electron chi connectivity index (χ1n) is 5.05. The Kier molecular flexibility index (Phi) is 3.18. The van der Waals surface area contributed by atoms with Gasteiger partial charge in [-0.15, -0.1) is 0 Å².